The number of fused-ring (bicyclic) bond motifs is 9. The Morgan fingerprint density at radius 3 is 2.41 bits per heavy atom. The Labute approximate surface area is 251 Å². The van der Waals surface area contributed by atoms with Gasteiger partial charge >= 0.3 is 11.8 Å². The average Bonchev–Trinajstić information content (AvgIpc) is 2.96. The first-order valence-electron chi connectivity index (χ1n) is 13.2. The van der Waals surface area contributed by atoms with E-state index in [-0.39, 0.29) is 34.1 Å². The minimum atomic E-state index is -1.81. The van der Waals surface area contributed by atoms with Gasteiger partial charge in [-0.3, -0.25) is 14.4 Å². The molecule has 4 atom stereocenters. The van der Waals surface area contributed by atoms with E-state index in [0.29, 0.717) is 0 Å². The van der Waals surface area contributed by atoms with Crippen LogP contribution in [0.15, 0.2) is 30.3 Å². The smallest absolute Gasteiger partial charge is 0.427 e. The van der Waals surface area contributed by atoms with Crippen molar-refractivity contribution in [1.82, 2.24) is 21.3 Å². The molecule has 2 aliphatic heterocycles. The van der Waals surface area contributed by atoms with Gasteiger partial charge in [0, 0.05) is 13.1 Å². The lowest BCUT2D eigenvalue weighted by atomic mass is 9.99. The van der Waals surface area contributed by atoms with Crippen LogP contribution in [0.2, 0.25) is 0 Å². The Bertz CT molecular complexity index is 1540. The van der Waals surface area contributed by atoms with Crippen molar-refractivity contribution in [2.24, 2.45) is 0 Å². The van der Waals surface area contributed by atoms with Gasteiger partial charge in [-0.25, -0.2) is 4.79 Å². The number of aliphatic hydroxyl groups excluding tert-OH is 1. The zero-order valence-electron chi connectivity index (χ0n) is 24.5. The van der Waals surface area contributed by atoms with E-state index in [4.69, 9.17) is 14.2 Å². The molecule has 16 heteroatoms. The van der Waals surface area contributed by atoms with Crippen LogP contribution in [-0.4, -0.2) is 65.9 Å². The molecule has 6 N–H and O–H groups in total. The molecule has 0 fully saturated rings. The molecule has 2 aromatic carbocycles. The fourth-order valence-corrected chi connectivity index (χ4v) is 4.22. The lowest BCUT2D eigenvalue weighted by molar-refractivity contribution is -0.133. The second-order valence-electron chi connectivity index (χ2n) is 10.5. The van der Waals surface area contributed by atoms with E-state index >= 15 is 0 Å². The Morgan fingerprint density at radius 1 is 1.11 bits per heavy atom. The predicted molar refractivity (Wildman–Crippen MR) is 151 cm³/mol. The summed E-state index contributed by atoms with van der Waals surface area (Å²) in [6.45, 7) is 4.74. The van der Waals surface area contributed by atoms with Gasteiger partial charge in [0.15, 0.2) is 16.5 Å². The lowest BCUT2D eigenvalue weighted by Gasteiger charge is -2.28. The molecule has 0 saturated heterocycles. The van der Waals surface area contributed by atoms with Crippen molar-refractivity contribution in [1.29, 1.82) is 10.7 Å². The second kappa shape index (κ2) is 13.6. The monoisotopic (exact) mass is 610 g/mol. The molecule has 16 nitrogen and oxygen atoms in total. The van der Waals surface area contributed by atoms with E-state index in [2.05, 4.69) is 26.2 Å². The molecule has 0 spiro atoms. The molecule has 4 bridgehead atoms. The first kappa shape index (κ1) is 32.9. The predicted octanol–water partition coefficient (Wildman–Crippen LogP) is 1.92. The van der Waals surface area contributed by atoms with E-state index in [0.717, 1.165) is 12.1 Å². The van der Waals surface area contributed by atoms with Crippen LogP contribution in [0.5, 0.6) is 23.0 Å². The minimum absolute atomic E-state index is 0.0131. The third kappa shape index (κ3) is 7.61. The fraction of sp³-hybridized carbons (Fsp3) is 0.393. The van der Waals surface area contributed by atoms with Crippen LogP contribution in [0.1, 0.15) is 50.5 Å². The van der Waals surface area contributed by atoms with Crippen LogP contribution >= 0.6 is 0 Å². The van der Waals surface area contributed by atoms with Gasteiger partial charge in [0.05, 0.1) is 19.6 Å². The highest BCUT2D eigenvalue weighted by atomic mass is 16.6. The molecule has 2 heterocycles. The molecule has 0 saturated carbocycles. The fourth-order valence-electron chi connectivity index (χ4n) is 4.22. The van der Waals surface area contributed by atoms with E-state index in [1.165, 1.54) is 32.4 Å². The average molecular weight is 611 g/mol. The van der Waals surface area contributed by atoms with E-state index in [9.17, 15) is 40.0 Å². The van der Waals surface area contributed by atoms with Crippen molar-refractivity contribution < 1.29 is 43.6 Å². The molecule has 4 amide bonds. The largest absolute Gasteiger partial charge is 0.504 e. The Morgan fingerprint density at radius 2 is 1.82 bits per heavy atom. The standard InChI is InChI=1S/C28H31N7O9/c1-28(2,3)44-27(41)34-21-22(37)13-6-7-18(16(10-13)35-30)43-19-12-14(11-17(36)23(19)42-5)20(25(39)31-4)33-24(38)15(8-9-29)32-26(21)40/h6-7,10-12,15,20-22,37H,8H2,1-5H3,(H4-,31,32,33,34,36,38,39,40,41)/p+1/t15-,20+,21+,22+/m0/s1. The van der Waals surface area contributed by atoms with Gasteiger partial charge < -0.3 is 45.7 Å². The Kier molecular flexibility index (Phi) is 10.2. The zero-order valence-corrected chi connectivity index (χ0v) is 24.5. The van der Waals surface area contributed by atoms with Crippen LogP contribution < -0.4 is 30.7 Å². The van der Waals surface area contributed by atoms with E-state index in [1.54, 1.807) is 26.8 Å². The highest BCUT2D eigenvalue weighted by molar-refractivity contribution is 5.94. The summed E-state index contributed by atoms with van der Waals surface area (Å²) in [7, 11) is 2.54. The molecule has 2 aromatic rings. The first-order chi connectivity index (χ1) is 20.7. The number of carbonyl (C=O) groups excluding carboxylic acids is 4. The van der Waals surface area contributed by atoms with Gasteiger partial charge in [0.1, 0.15) is 29.8 Å². The number of aliphatic hydroxyl groups is 1. The van der Waals surface area contributed by atoms with Crippen LogP contribution in [0.3, 0.4) is 0 Å². The van der Waals surface area contributed by atoms with Crippen molar-refractivity contribution >= 4 is 29.5 Å². The SMILES string of the molecule is CNC(=O)[C@@H]1NC(=O)[C@H](CC#N)NC(=O)[C@H](NC(=O)OC(C)(C)C)[C@H](O)c2ccc(c([N+]#N)c2)Oc2cc1cc(O)c2OC. The van der Waals surface area contributed by atoms with Crippen molar-refractivity contribution in [3.05, 3.63) is 46.4 Å². The zero-order chi connectivity index (χ0) is 32.8. The Balaban J connectivity index is 2.25. The topological polar surface area (TPSA) is 236 Å². The summed E-state index contributed by atoms with van der Waals surface area (Å²) in [6, 6.07) is 3.10. The summed E-state index contributed by atoms with van der Waals surface area (Å²) in [5.74, 6) is -3.71. The number of phenolic OH excluding ortho intramolecular Hbond substituents is 1. The number of phenols is 1. The normalized spacial score (nSPS) is 20.1. The molecule has 0 unspecified atom stereocenters. The number of alkyl carbamates (subject to hydrolysis) is 1. The quantitative estimate of drug-likeness (QED) is 0.273. The number of aromatic hydroxyl groups is 1. The lowest BCUT2D eigenvalue weighted by Crippen LogP contribution is -2.56. The highest BCUT2D eigenvalue weighted by Gasteiger charge is 2.37. The summed E-state index contributed by atoms with van der Waals surface area (Å²) in [4.78, 5) is 55.6. The van der Waals surface area contributed by atoms with Crippen LogP contribution in [-0.2, 0) is 19.1 Å². The van der Waals surface area contributed by atoms with Crippen molar-refractivity contribution in [2.75, 3.05) is 14.2 Å². The molecule has 0 aromatic heterocycles. The number of hydrogen-bond donors (Lipinski definition) is 6. The number of nitrogens with zero attached hydrogens (tertiary/aromatic N) is 3. The summed E-state index contributed by atoms with van der Waals surface area (Å²) >= 11 is 0. The molecule has 0 radical (unpaired) electrons. The van der Waals surface area contributed by atoms with Gasteiger partial charge in [-0.15, -0.1) is 0 Å². The number of benzene rings is 2. The summed E-state index contributed by atoms with van der Waals surface area (Å²) in [5.41, 5.74) is -1.23. The molecular weight excluding hydrogens is 578 g/mol. The van der Waals surface area contributed by atoms with Crippen LogP contribution in [0, 0.1) is 16.7 Å². The van der Waals surface area contributed by atoms with Crippen LogP contribution in [0.4, 0.5) is 10.5 Å². The third-order valence-corrected chi connectivity index (χ3v) is 6.24. The number of likely N-dealkylation sites (N-methyl/N-ethyl adjacent to an activating group) is 1. The summed E-state index contributed by atoms with van der Waals surface area (Å²) in [5, 5.41) is 50.5. The maximum absolute atomic E-state index is 13.5. The number of amides is 4. The first-order valence-corrected chi connectivity index (χ1v) is 13.2. The highest BCUT2D eigenvalue weighted by Crippen LogP contribution is 2.44. The van der Waals surface area contributed by atoms with Crippen molar-refractivity contribution in [3.8, 4) is 29.1 Å². The Hall–Kier alpha value is -5.61. The van der Waals surface area contributed by atoms with E-state index < -0.39 is 65.8 Å². The maximum atomic E-state index is 13.5. The molecule has 2 aliphatic rings. The molecule has 232 valence electrons. The van der Waals surface area contributed by atoms with Gasteiger partial charge in [0.25, 0.3) is 0 Å². The molecule has 4 rings (SSSR count). The summed E-state index contributed by atoms with van der Waals surface area (Å²) < 4.78 is 16.3. The molecule has 44 heavy (non-hydrogen) atoms. The number of nitrogens with one attached hydrogen (secondary N) is 4. The molecular formula is C28H32N7O9+. The number of nitriles is 1. The van der Waals surface area contributed by atoms with Gasteiger partial charge in [-0.2, -0.15) is 5.26 Å². The third-order valence-electron chi connectivity index (χ3n) is 6.24. The van der Waals surface area contributed by atoms with Gasteiger partial charge in [0.2, 0.25) is 34.6 Å². The number of ether oxygens (including phenoxy) is 3. The second-order valence-corrected chi connectivity index (χ2v) is 10.5. The van der Waals surface area contributed by atoms with Gasteiger partial charge in [-0.1, -0.05) is 6.07 Å². The minimum Gasteiger partial charge on any atom is -0.504 e. The molecule has 0 aliphatic carbocycles. The summed E-state index contributed by atoms with van der Waals surface area (Å²) in [6.07, 6.45) is -3.46. The number of rotatable bonds is 4. The van der Waals surface area contributed by atoms with Crippen molar-refractivity contribution in [2.45, 2.75) is 57.0 Å². The number of carbonyl (C=O) groups is 4. The van der Waals surface area contributed by atoms with Crippen LogP contribution in [0.25, 0.3) is 4.98 Å². The van der Waals surface area contributed by atoms with Gasteiger partial charge in [-0.05, 0) is 50.1 Å². The number of hydrogen-bond acceptors (Lipinski definition) is 11. The maximum Gasteiger partial charge on any atom is 0.427 e. The van der Waals surface area contributed by atoms with E-state index in [1.807, 2.05) is 0 Å². The number of diazo groups is 1. The van der Waals surface area contributed by atoms with Crippen molar-refractivity contribution in [3.63, 3.8) is 0 Å². The number of methoxy groups -OCH3 is 1.